The fourth-order valence-corrected chi connectivity index (χ4v) is 3.29. The van der Waals surface area contributed by atoms with E-state index < -0.39 is 0 Å². The molecule has 1 aromatic heterocycles. The zero-order chi connectivity index (χ0) is 14.3. The molecule has 0 radical (unpaired) electrons. The highest BCUT2D eigenvalue weighted by Gasteiger charge is 2.37. The zero-order valence-electron chi connectivity index (χ0n) is 11.8. The number of amides is 2. The fourth-order valence-electron chi connectivity index (χ4n) is 2.47. The molecule has 5 nitrogen and oxygen atoms in total. The van der Waals surface area contributed by atoms with Gasteiger partial charge in [0.15, 0.2) is 5.13 Å². The monoisotopic (exact) mass is 293 g/mol. The maximum absolute atomic E-state index is 12.2. The number of rotatable bonds is 4. The highest BCUT2D eigenvalue weighted by atomic mass is 32.1. The fraction of sp³-hybridized carbons (Fsp3) is 0.643. The molecule has 1 saturated heterocycles. The molecule has 108 valence electrons. The molecule has 0 spiro atoms. The summed E-state index contributed by atoms with van der Waals surface area (Å²) in [6.07, 6.45) is 2.78. The number of thiazole rings is 1. The van der Waals surface area contributed by atoms with E-state index in [0.717, 1.165) is 17.1 Å². The molecule has 3 rings (SSSR count). The highest BCUT2D eigenvalue weighted by molar-refractivity contribution is 7.15. The molecule has 1 aliphatic carbocycles. The van der Waals surface area contributed by atoms with Crippen molar-refractivity contribution in [2.75, 3.05) is 18.4 Å². The number of carbonyl (C=O) groups excluding carboxylic acids is 2. The van der Waals surface area contributed by atoms with Gasteiger partial charge in [0, 0.05) is 24.4 Å². The number of carbonyl (C=O) groups is 2. The van der Waals surface area contributed by atoms with Gasteiger partial charge in [-0.2, -0.15) is 0 Å². The summed E-state index contributed by atoms with van der Waals surface area (Å²) in [5, 5.41) is 3.48. The Bertz CT molecular complexity index is 531. The van der Waals surface area contributed by atoms with E-state index in [2.05, 4.69) is 10.3 Å². The third-order valence-electron chi connectivity index (χ3n) is 4.02. The molecule has 2 amide bonds. The normalized spacial score (nSPS) is 22.4. The Morgan fingerprint density at radius 1 is 1.45 bits per heavy atom. The minimum Gasteiger partial charge on any atom is -0.342 e. The summed E-state index contributed by atoms with van der Waals surface area (Å²) in [7, 11) is 0. The number of aromatic nitrogens is 1. The first-order valence-corrected chi connectivity index (χ1v) is 7.87. The van der Waals surface area contributed by atoms with E-state index in [1.165, 1.54) is 24.2 Å². The molecule has 2 fully saturated rings. The lowest BCUT2D eigenvalue weighted by molar-refractivity contribution is -0.128. The van der Waals surface area contributed by atoms with Gasteiger partial charge in [0.05, 0.1) is 11.6 Å². The summed E-state index contributed by atoms with van der Waals surface area (Å²) >= 11 is 1.48. The van der Waals surface area contributed by atoms with Crippen molar-refractivity contribution in [2.24, 2.45) is 11.8 Å². The van der Waals surface area contributed by atoms with E-state index in [1.807, 2.05) is 18.7 Å². The number of likely N-dealkylation sites (tertiary alicyclic amines) is 1. The highest BCUT2D eigenvalue weighted by Crippen LogP contribution is 2.32. The number of nitrogens with zero attached hydrogens (tertiary/aromatic N) is 2. The Balaban J connectivity index is 1.58. The smallest absolute Gasteiger partial charge is 0.231 e. The van der Waals surface area contributed by atoms with Gasteiger partial charge in [0.1, 0.15) is 0 Å². The Morgan fingerprint density at radius 3 is 2.80 bits per heavy atom. The summed E-state index contributed by atoms with van der Waals surface area (Å²) in [5.41, 5.74) is 0.947. The second kappa shape index (κ2) is 5.16. The van der Waals surface area contributed by atoms with Crippen molar-refractivity contribution < 1.29 is 9.59 Å². The first kappa shape index (κ1) is 13.5. The molecule has 0 aromatic carbocycles. The topological polar surface area (TPSA) is 62.3 Å². The van der Waals surface area contributed by atoms with Crippen LogP contribution in [-0.2, 0) is 9.59 Å². The van der Waals surface area contributed by atoms with Crippen LogP contribution in [0.25, 0.3) is 0 Å². The summed E-state index contributed by atoms with van der Waals surface area (Å²) in [5.74, 6) is 0.477. The summed E-state index contributed by atoms with van der Waals surface area (Å²) < 4.78 is 0. The number of aryl methyl sites for hydroxylation is 2. The Kier molecular flexibility index (Phi) is 3.50. The average molecular weight is 293 g/mol. The minimum atomic E-state index is -0.231. The molecule has 6 heteroatoms. The van der Waals surface area contributed by atoms with Crippen LogP contribution in [0.3, 0.4) is 0 Å². The van der Waals surface area contributed by atoms with Crippen molar-refractivity contribution in [3.63, 3.8) is 0 Å². The predicted octanol–water partition coefficient (Wildman–Crippen LogP) is 1.96. The van der Waals surface area contributed by atoms with Crippen molar-refractivity contribution in [1.29, 1.82) is 0 Å². The number of hydrogen-bond donors (Lipinski definition) is 1. The molecule has 1 N–H and O–H groups in total. The Morgan fingerprint density at radius 2 is 2.20 bits per heavy atom. The van der Waals surface area contributed by atoms with Gasteiger partial charge in [-0.1, -0.05) is 0 Å². The Hall–Kier alpha value is -1.43. The molecule has 0 bridgehead atoms. The standard InChI is InChI=1S/C14H19N3O2S/c1-8-9(2)20-14(15-8)16-13(19)11-5-12(18)17(7-11)6-10-3-4-10/h10-11H,3-7H2,1-2H3,(H,15,16,19). The molecule has 20 heavy (non-hydrogen) atoms. The van der Waals surface area contributed by atoms with Crippen molar-refractivity contribution in [2.45, 2.75) is 33.1 Å². The van der Waals surface area contributed by atoms with Crippen LogP contribution in [0.1, 0.15) is 29.8 Å². The van der Waals surface area contributed by atoms with Gasteiger partial charge in [-0.05, 0) is 32.6 Å². The predicted molar refractivity (Wildman–Crippen MR) is 77.6 cm³/mol. The molecular formula is C14H19N3O2S. The lowest BCUT2D eigenvalue weighted by Gasteiger charge is -2.15. The maximum atomic E-state index is 12.2. The maximum Gasteiger partial charge on any atom is 0.231 e. The van der Waals surface area contributed by atoms with Crippen LogP contribution in [0.4, 0.5) is 5.13 Å². The first-order chi connectivity index (χ1) is 9.52. The molecule has 1 saturated carbocycles. The SMILES string of the molecule is Cc1nc(NC(=O)C2CC(=O)N(CC3CC3)C2)sc1C. The molecule has 1 unspecified atom stereocenters. The molecule has 1 aromatic rings. The van der Waals surface area contributed by atoms with Gasteiger partial charge in [-0.15, -0.1) is 11.3 Å². The average Bonchev–Trinajstić information content (AvgIpc) is 3.04. The van der Waals surface area contributed by atoms with Crippen LogP contribution in [-0.4, -0.2) is 34.8 Å². The van der Waals surface area contributed by atoms with Crippen LogP contribution in [0.5, 0.6) is 0 Å². The summed E-state index contributed by atoms with van der Waals surface area (Å²) in [4.78, 5) is 31.4. The van der Waals surface area contributed by atoms with Crippen molar-refractivity contribution in [3.8, 4) is 0 Å². The lowest BCUT2D eigenvalue weighted by atomic mass is 10.1. The summed E-state index contributed by atoms with van der Waals surface area (Å²) in [6, 6.07) is 0. The number of nitrogens with one attached hydrogen (secondary N) is 1. The second-order valence-corrected chi connectivity index (χ2v) is 7.00. The van der Waals surface area contributed by atoms with Crippen LogP contribution in [0.2, 0.25) is 0 Å². The van der Waals surface area contributed by atoms with Crippen molar-refractivity contribution in [3.05, 3.63) is 10.6 Å². The van der Waals surface area contributed by atoms with Crippen LogP contribution >= 0.6 is 11.3 Å². The van der Waals surface area contributed by atoms with Crippen molar-refractivity contribution >= 4 is 28.3 Å². The van der Waals surface area contributed by atoms with Gasteiger partial charge in [-0.25, -0.2) is 4.98 Å². The molecule has 2 heterocycles. The van der Waals surface area contributed by atoms with Crippen molar-refractivity contribution in [1.82, 2.24) is 9.88 Å². The van der Waals surface area contributed by atoms with Gasteiger partial charge >= 0.3 is 0 Å². The van der Waals surface area contributed by atoms with Crippen LogP contribution in [0.15, 0.2) is 0 Å². The van der Waals surface area contributed by atoms with Gasteiger partial charge < -0.3 is 10.2 Å². The van der Waals surface area contributed by atoms with E-state index in [0.29, 0.717) is 24.0 Å². The molecular weight excluding hydrogens is 274 g/mol. The minimum absolute atomic E-state index is 0.0783. The summed E-state index contributed by atoms with van der Waals surface area (Å²) in [6.45, 7) is 5.31. The van der Waals surface area contributed by atoms with Gasteiger partial charge in [0.25, 0.3) is 0 Å². The van der Waals surface area contributed by atoms with E-state index in [4.69, 9.17) is 0 Å². The zero-order valence-corrected chi connectivity index (χ0v) is 12.6. The third-order valence-corrected chi connectivity index (χ3v) is 5.01. The van der Waals surface area contributed by atoms with E-state index in [1.54, 1.807) is 0 Å². The lowest BCUT2D eigenvalue weighted by Crippen LogP contribution is -2.29. The second-order valence-electron chi connectivity index (χ2n) is 5.79. The third kappa shape index (κ3) is 2.85. The van der Waals surface area contributed by atoms with E-state index in [9.17, 15) is 9.59 Å². The quantitative estimate of drug-likeness (QED) is 0.923. The van der Waals surface area contributed by atoms with Gasteiger partial charge in [-0.3, -0.25) is 9.59 Å². The van der Waals surface area contributed by atoms with Crippen LogP contribution in [0, 0.1) is 25.7 Å². The van der Waals surface area contributed by atoms with E-state index in [-0.39, 0.29) is 17.7 Å². The molecule has 2 aliphatic rings. The van der Waals surface area contributed by atoms with Crippen LogP contribution < -0.4 is 5.32 Å². The Labute approximate surface area is 122 Å². The molecule has 1 atom stereocenters. The number of anilines is 1. The first-order valence-electron chi connectivity index (χ1n) is 7.05. The molecule has 1 aliphatic heterocycles. The number of hydrogen-bond acceptors (Lipinski definition) is 4. The van der Waals surface area contributed by atoms with Gasteiger partial charge in [0.2, 0.25) is 11.8 Å². The van der Waals surface area contributed by atoms with E-state index >= 15 is 0 Å². The largest absolute Gasteiger partial charge is 0.342 e.